The van der Waals surface area contributed by atoms with E-state index in [1.807, 2.05) is 30.3 Å². The summed E-state index contributed by atoms with van der Waals surface area (Å²) in [5.74, 6) is 0. The summed E-state index contributed by atoms with van der Waals surface area (Å²) in [5, 5.41) is 12.4. The van der Waals surface area contributed by atoms with Crippen LogP contribution in [0, 0.1) is 0 Å². The molecule has 1 rings (SSSR count). The lowest BCUT2D eigenvalue weighted by molar-refractivity contribution is 0.139. The number of aliphatic hydroxyl groups is 1. The van der Waals surface area contributed by atoms with Crippen molar-refractivity contribution in [1.82, 2.24) is 5.32 Å². The van der Waals surface area contributed by atoms with E-state index in [0.717, 1.165) is 5.56 Å². The SMILES string of the molecule is NCCNC(O)Cc1ccccc1. The van der Waals surface area contributed by atoms with Gasteiger partial charge in [0.25, 0.3) is 0 Å². The molecule has 0 bridgehead atoms. The molecule has 13 heavy (non-hydrogen) atoms. The molecule has 0 saturated carbocycles. The molecule has 3 heteroatoms. The summed E-state index contributed by atoms with van der Waals surface area (Å²) < 4.78 is 0. The number of nitrogens with two attached hydrogens (primary N) is 1. The molecule has 0 aliphatic heterocycles. The Kier molecular flexibility index (Phi) is 4.46. The van der Waals surface area contributed by atoms with Gasteiger partial charge in [-0.2, -0.15) is 0 Å². The fourth-order valence-electron chi connectivity index (χ4n) is 1.16. The molecule has 0 aromatic heterocycles. The van der Waals surface area contributed by atoms with Gasteiger partial charge in [-0.15, -0.1) is 0 Å². The Balaban J connectivity index is 2.32. The van der Waals surface area contributed by atoms with E-state index in [1.54, 1.807) is 0 Å². The van der Waals surface area contributed by atoms with E-state index in [-0.39, 0.29) is 0 Å². The van der Waals surface area contributed by atoms with E-state index in [2.05, 4.69) is 5.32 Å². The van der Waals surface area contributed by atoms with Crippen LogP contribution < -0.4 is 11.1 Å². The molecule has 0 radical (unpaired) electrons. The van der Waals surface area contributed by atoms with E-state index in [0.29, 0.717) is 19.5 Å². The quantitative estimate of drug-likeness (QED) is 0.563. The Hall–Kier alpha value is -0.900. The first-order valence-electron chi connectivity index (χ1n) is 4.48. The van der Waals surface area contributed by atoms with E-state index in [4.69, 9.17) is 5.73 Å². The first-order chi connectivity index (χ1) is 6.33. The Morgan fingerprint density at radius 1 is 1.31 bits per heavy atom. The molecule has 0 heterocycles. The van der Waals surface area contributed by atoms with Gasteiger partial charge in [-0.1, -0.05) is 30.3 Å². The maximum Gasteiger partial charge on any atom is 0.109 e. The lowest BCUT2D eigenvalue weighted by atomic mass is 10.1. The molecule has 1 unspecified atom stereocenters. The number of hydrogen-bond donors (Lipinski definition) is 3. The summed E-state index contributed by atoms with van der Waals surface area (Å²) >= 11 is 0. The third-order valence-electron chi connectivity index (χ3n) is 1.80. The second-order valence-electron chi connectivity index (χ2n) is 2.95. The van der Waals surface area contributed by atoms with Gasteiger partial charge in [-0.05, 0) is 5.56 Å². The molecule has 72 valence electrons. The molecule has 0 saturated heterocycles. The maximum absolute atomic E-state index is 9.47. The van der Waals surface area contributed by atoms with Gasteiger partial charge in [0.2, 0.25) is 0 Å². The third kappa shape index (κ3) is 4.03. The first kappa shape index (κ1) is 10.2. The smallest absolute Gasteiger partial charge is 0.109 e. The summed E-state index contributed by atoms with van der Waals surface area (Å²) in [6.07, 6.45) is 0.131. The zero-order valence-corrected chi connectivity index (χ0v) is 7.61. The minimum Gasteiger partial charge on any atom is -0.378 e. The number of hydrogen-bond acceptors (Lipinski definition) is 3. The lowest BCUT2D eigenvalue weighted by Crippen LogP contribution is -2.34. The van der Waals surface area contributed by atoms with Crippen molar-refractivity contribution in [2.75, 3.05) is 13.1 Å². The molecule has 0 aliphatic rings. The largest absolute Gasteiger partial charge is 0.378 e. The van der Waals surface area contributed by atoms with Crippen LogP contribution in [0.15, 0.2) is 30.3 Å². The van der Waals surface area contributed by atoms with Crippen LogP contribution in [0.3, 0.4) is 0 Å². The molecule has 4 N–H and O–H groups in total. The van der Waals surface area contributed by atoms with Crippen LogP contribution in [0.4, 0.5) is 0 Å². The maximum atomic E-state index is 9.47. The normalized spacial score (nSPS) is 12.8. The molecular formula is C10H16N2O. The Labute approximate surface area is 78.6 Å². The van der Waals surface area contributed by atoms with Gasteiger partial charge in [0.1, 0.15) is 6.23 Å². The predicted octanol–water partition coefficient (Wildman–Crippen LogP) is 0.0958. The van der Waals surface area contributed by atoms with Crippen LogP contribution in [0.1, 0.15) is 5.56 Å². The average molecular weight is 180 g/mol. The van der Waals surface area contributed by atoms with Crippen molar-refractivity contribution in [2.24, 2.45) is 5.73 Å². The van der Waals surface area contributed by atoms with Crippen molar-refractivity contribution in [1.29, 1.82) is 0 Å². The molecule has 1 atom stereocenters. The molecule has 1 aromatic rings. The van der Waals surface area contributed by atoms with Gasteiger partial charge in [0.05, 0.1) is 0 Å². The van der Waals surface area contributed by atoms with Crippen LogP contribution in [-0.2, 0) is 6.42 Å². The average Bonchev–Trinajstić information content (AvgIpc) is 2.16. The third-order valence-corrected chi connectivity index (χ3v) is 1.80. The van der Waals surface area contributed by atoms with E-state index >= 15 is 0 Å². The topological polar surface area (TPSA) is 58.3 Å². The number of aliphatic hydroxyl groups excluding tert-OH is 1. The highest BCUT2D eigenvalue weighted by atomic mass is 16.3. The zero-order valence-electron chi connectivity index (χ0n) is 7.61. The van der Waals surface area contributed by atoms with Crippen LogP contribution in [0.5, 0.6) is 0 Å². The Morgan fingerprint density at radius 2 is 2.00 bits per heavy atom. The fraction of sp³-hybridized carbons (Fsp3) is 0.400. The predicted molar refractivity (Wildman–Crippen MR) is 53.2 cm³/mol. The van der Waals surface area contributed by atoms with Crippen LogP contribution in [-0.4, -0.2) is 24.4 Å². The molecular weight excluding hydrogens is 164 g/mol. The van der Waals surface area contributed by atoms with Crippen molar-refractivity contribution >= 4 is 0 Å². The van der Waals surface area contributed by atoms with Crippen molar-refractivity contribution < 1.29 is 5.11 Å². The van der Waals surface area contributed by atoms with Crippen molar-refractivity contribution in [3.05, 3.63) is 35.9 Å². The van der Waals surface area contributed by atoms with Crippen LogP contribution in [0.25, 0.3) is 0 Å². The lowest BCUT2D eigenvalue weighted by Gasteiger charge is -2.11. The Bertz CT molecular complexity index is 226. The second-order valence-corrected chi connectivity index (χ2v) is 2.95. The fourth-order valence-corrected chi connectivity index (χ4v) is 1.16. The zero-order chi connectivity index (χ0) is 9.52. The molecule has 0 fully saturated rings. The minimum absolute atomic E-state index is 0.494. The van der Waals surface area contributed by atoms with E-state index in [1.165, 1.54) is 0 Å². The Morgan fingerprint density at radius 3 is 2.62 bits per heavy atom. The highest BCUT2D eigenvalue weighted by molar-refractivity contribution is 5.15. The van der Waals surface area contributed by atoms with E-state index < -0.39 is 6.23 Å². The van der Waals surface area contributed by atoms with E-state index in [9.17, 15) is 5.11 Å². The molecule has 0 aliphatic carbocycles. The van der Waals surface area contributed by atoms with Crippen molar-refractivity contribution in [3.63, 3.8) is 0 Å². The van der Waals surface area contributed by atoms with Crippen molar-refractivity contribution in [2.45, 2.75) is 12.6 Å². The molecule has 1 aromatic carbocycles. The van der Waals surface area contributed by atoms with Gasteiger partial charge >= 0.3 is 0 Å². The van der Waals surface area contributed by atoms with Gasteiger partial charge in [-0.25, -0.2) is 0 Å². The van der Waals surface area contributed by atoms with Gasteiger partial charge in [0.15, 0.2) is 0 Å². The van der Waals surface area contributed by atoms with Crippen molar-refractivity contribution in [3.8, 4) is 0 Å². The van der Waals surface area contributed by atoms with Gasteiger partial charge in [0, 0.05) is 19.5 Å². The van der Waals surface area contributed by atoms with Gasteiger partial charge in [-0.3, -0.25) is 5.32 Å². The summed E-state index contributed by atoms with van der Waals surface area (Å²) in [6, 6.07) is 9.87. The highest BCUT2D eigenvalue weighted by Gasteiger charge is 2.02. The van der Waals surface area contributed by atoms with Crippen LogP contribution in [0.2, 0.25) is 0 Å². The standard InChI is InChI=1S/C10H16N2O/c11-6-7-12-10(13)8-9-4-2-1-3-5-9/h1-5,10,12-13H,6-8,11H2. The summed E-state index contributed by atoms with van der Waals surface area (Å²) in [4.78, 5) is 0. The minimum atomic E-state index is -0.494. The summed E-state index contributed by atoms with van der Waals surface area (Å²) in [5.41, 5.74) is 6.42. The van der Waals surface area contributed by atoms with Crippen LogP contribution >= 0.6 is 0 Å². The van der Waals surface area contributed by atoms with Gasteiger partial charge < -0.3 is 10.8 Å². The second kappa shape index (κ2) is 5.70. The summed E-state index contributed by atoms with van der Waals surface area (Å²) in [7, 11) is 0. The summed E-state index contributed by atoms with van der Waals surface area (Å²) in [6.45, 7) is 1.19. The molecule has 0 spiro atoms. The molecule has 3 nitrogen and oxygen atoms in total. The number of nitrogens with one attached hydrogen (secondary N) is 1. The number of benzene rings is 1. The number of rotatable bonds is 5. The molecule has 0 amide bonds. The first-order valence-corrected chi connectivity index (χ1v) is 4.48. The highest BCUT2D eigenvalue weighted by Crippen LogP contribution is 2.00. The monoisotopic (exact) mass is 180 g/mol.